The number of rotatable bonds is 4. The van der Waals surface area contributed by atoms with Crippen LogP contribution in [0.1, 0.15) is 28.5 Å². The van der Waals surface area contributed by atoms with Gasteiger partial charge in [0, 0.05) is 41.0 Å². The molecule has 0 aliphatic carbocycles. The molecule has 3 aromatic rings. The molecule has 26 heavy (non-hydrogen) atoms. The summed E-state index contributed by atoms with van der Waals surface area (Å²) in [4.78, 5) is 5.59. The first-order valence-corrected chi connectivity index (χ1v) is 8.71. The van der Waals surface area contributed by atoms with Crippen molar-refractivity contribution in [3.63, 3.8) is 0 Å². The number of aliphatic hydroxyl groups excluding tert-OH is 1. The topological polar surface area (TPSA) is 57.8 Å². The summed E-state index contributed by atoms with van der Waals surface area (Å²) >= 11 is 1.43. The molecule has 1 aliphatic heterocycles. The van der Waals surface area contributed by atoms with Crippen LogP contribution in [0.15, 0.2) is 59.0 Å². The maximum Gasteiger partial charge on any atom is 0.164 e. The summed E-state index contributed by atoms with van der Waals surface area (Å²) in [7, 11) is 0. The summed E-state index contributed by atoms with van der Waals surface area (Å²) in [5.41, 5.74) is 1.99. The minimum atomic E-state index is -1.31. The Bertz CT molecular complexity index is 1010. The zero-order valence-corrected chi connectivity index (χ0v) is 14.3. The summed E-state index contributed by atoms with van der Waals surface area (Å²) in [5.74, 6) is -2.04. The van der Waals surface area contributed by atoms with Gasteiger partial charge in [0.2, 0.25) is 0 Å². The zero-order valence-electron chi connectivity index (χ0n) is 13.4. The second-order valence-corrected chi connectivity index (χ2v) is 6.78. The van der Waals surface area contributed by atoms with Crippen LogP contribution in [-0.4, -0.2) is 22.0 Å². The lowest BCUT2D eigenvalue weighted by Gasteiger charge is -2.13. The summed E-state index contributed by atoms with van der Waals surface area (Å²) in [5, 5.41) is 18.8. The smallest absolute Gasteiger partial charge is 0.164 e. The molecule has 0 fully saturated rings. The van der Waals surface area contributed by atoms with E-state index in [0.717, 1.165) is 16.5 Å². The highest BCUT2D eigenvalue weighted by Gasteiger charge is 2.25. The van der Waals surface area contributed by atoms with Crippen molar-refractivity contribution >= 4 is 23.3 Å². The lowest BCUT2D eigenvalue weighted by molar-refractivity contribution is 0.213. The molecule has 0 amide bonds. The van der Waals surface area contributed by atoms with Crippen molar-refractivity contribution in [2.24, 2.45) is 10.2 Å². The van der Waals surface area contributed by atoms with Crippen LogP contribution in [0.5, 0.6) is 0 Å². The van der Waals surface area contributed by atoms with Gasteiger partial charge >= 0.3 is 0 Å². The number of hydrogen-bond acceptors (Lipinski definition) is 5. The van der Waals surface area contributed by atoms with Crippen LogP contribution in [0, 0.1) is 11.6 Å². The zero-order chi connectivity index (χ0) is 18.1. The van der Waals surface area contributed by atoms with Crippen molar-refractivity contribution in [3.05, 3.63) is 76.4 Å². The SMILES string of the molecule is OC(c1cc(-c2ccncc2)sc1C1=NN=CC1)c1cccc(F)c1F. The molecule has 3 heterocycles. The van der Waals surface area contributed by atoms with Crippen molar-refractivity contribution < 1.29 is 13.9 Å². The largest absolute Gasteiger partial charge is 0.383 e. The monoisotopic (exact) mass is 369 g/mol. The van der Waals surface area contributed by atoms with Gasteiger partial charge in [-0.2, -0.15) is 10.2 Å². The van der Waals surface area contributed by atoms with Crippen molar-refractivity contribution in [3.8, 4) is 10.4 Å². The number of aliphatic hydroxyl groups is 1. The van der Waals surface area contributed by atoms with Crippen LogP contribution >= 0.6 is 11.3 Å². The average molecular weight is 369 g/mol. The lowest BCUT2D eigenvalue weighted by atomic mass is 9.98. The minimum Gasteiger partial charge on any atom is -0.383 e. The second-order valence-electron chi connectivity index (χ2n) is 5.73. The molecule has 1 atom stereocenters. The number of benzene rings is 1. The number of aromatic nitrogens is 1. The summed E-state index contributed by atoms with van der Waals surface area (Å²) in [6.45, 7) is 0. The molecule has 0 saturated heterocycles. The molecule has 7 heteroatoms. The van der Waals surface area contributed by atoms with Gasteiger partial charge in [-0.1, -0.05) is 12.1 Å². The first-order valence-electron chi connectivity index (χ1n) is 7.90. The van der Waals surface area contributed by atoms with Gasteiger partial charge in [-0.3, -0.25) is 4.98 Å². The van der Waals surface area contributed by atoms with Gasteiger partial charge in [0.1, 0.15) is 6.10 Å². The third kappa shape index (κ3) is 2.95. The molecule has 4 nitrogen and oxygen atoms in total. The quantitative estimate of drug-likeness (QED) is 0.743. The van der Waals surface area contributed by atoms with E-state index in [-0.39, 0.29) is 5.56 Å². The predicted octanol–water partition coefficient (Wildman–Crippen LogP) is 4.35. The predicted molar refractivity (Wildman–Crippen MR) is 97.6 cm³/mol. The van der Waals surface area contributed by atoms with Crippen molar-refractivity contribution in [2.45, 2.75) is 12.5 Å². The van der Waals surface area contributed by atoms with E-state index >= 15 is 0 Å². The van der Waals surface area contributed by atoms with E-state index in [2.05, 4.69) is 15.2 Å². The Labute approximate surface area is 152 Å². The number of pyridine rings is 1. The molecule has 130 valence electrons. The third-order valence-electron chi connectivity index (χ3n) is 4.10. The highest BCUT2D eigenvalue weighted by Crippen LogP contribution is 2.38. The molecule has 1 N–H and O–H groups in total. The van der Waals surface area contributed by atoms with E-state index in [1.165, 1.54) is 23.5 Å². The molecule has 1 aromatic carbocycles. The van der Waals surface area contributed by atoms with Gasteiger partial charge in [-0.25, -0.2) is 8.78 Å². The van der Waals surface area contributed by atoms with Gasteiger partial charge in [-0.05, 0) is 29.8 Å². The van der Waals surface area contributed by atoms with Gasteiger partial charge in [0.25, 0.3) is 0 Å². The summed E-state index contributed by atoms with van der Waals surface area (Å²) in [6, 6.07) is 9.26. The van der Waals surface area contributed by atoms with Crippen molar-refractivity contribution in [1.29, 1.82) is 0 Å². The molecule has 1 aliphatic rings. The van der Waals surface area contributed by atoms with Crippen LogP contribution in [-0.2, 0) is 0 Å². The van der Waals surface area contributed by atoms with Crippen LogP contribution in [0.2, 0.25) is 0 Å². The molecule has 0 spiro atoms. The van der Waals surface area contributed by atoms with Crippen LogP contribution < -0.4 is 0 Å². The van der Waals surface area contributed by atoms with Crippen molar-refractivity contribution in [1.82, 2.24) is 4.98 Å². The number of hydrogen-bond donors (Lipinski definition) is 1. The minimum absolute atomic E-state index is 0.107. The fourth-order valence-electron chi connectivity index (χ4n) is 2.81. The normalized spacial score (nSPS) is 14.5. The van der Waals surface area contributed by atoms with Gasteiger partial charge < -0.3 is 5.11 Å². The fraction of sp³-hybridized carbons (Fsp3) is 0.105. The molecular formula is C19H13F2N3OS. The van der Waals surface area contributed by atoms with E-state index < -0.39 is 17.7 Å². The molecule has 2 aromatic heterocycles. The molecule has 1 unspecified atom stereocenters. The number of nitrogens with zero attached hydrogens (tertiary/aromatic N) is 3. The van der Waals surface area contributed by atoms with Gasteiger partial charge in [-0.15, -0.1) is 11.3 Å². The van der Waals surface area contributed by atoms with Gasteiger partial charge in [0.15, 0.2) is 11.6 Å². The lowest BCUT2D eigenvalue weighted by Crippen LogP contribution is -2.08. The van der Waals surface area contributed by atoms with Crippen LogP contribution in [0.25, 0.3) is 10.4 Å². The Morgan fingerprint density at radius 2 is 1.88 bits per heavy atom. The van der Waals surface area contributed by atoms with E-state index in [1.54, 1.807) is 24.7 Å². The van der Waals surface area contributed by atoms with Crippen LogP contribution in [0.4, 0.5) is 8.78 Å². The fourth-order valence-corrected chi connectivity index (χ4v) is 4.00. The summed E-state index contributed by atoms with van der Waals surface area (Å²) in [6.07, 6.45) is 4.23. The maximum absolute atomic E-state index is 14.2. The number of thiophene rings is 1. The van der Waals surface area contributed by atoms with Crippen LogP contribution in [0.3, 0.4) is 0 Å². The first kappa shape index (κ1) is 16.7. The molecule has 0 bridgehead atoms. The van der Waals surface area contributed by atoms with E-state index in [9.17, 15) is 13.9 Å². The highest BCUT2D eigenvalue weighted by atomic mass is 32.1. The van der Waals surface area contributed by atoms with E-state index in [0.29, 0.717) is 22.6 Å². The Kier molecular flexibility index (Phi) is 4.40. The molecule has 0 radical (unpaired) electrons. The first-order chi connectivity index (χ1) is 12.6. The molecule has 0 saturated carbocycles. The Balaban J connectivity index is 1.84. The van der Waals surface area contributed by atoms with Gasteiger partial charge in [0.05, 0.1) is 10.6 Å². The third-order valence-corrected chi connectivity index (χ3v) is 5.35. The molecular weight excluding hydrogens is 356 g/mol. The standard InChI is InChI=1S/C19H13F2N3OS/c20-14-3-1-2-12(17(14)21)18(25)13-10-16(11-4-7-22-8-5-11)26-19(13)15-6-9-23-24-15/h1-5,7-10,18,25H,6H2. The highest BCUT2D eigenvalue weighted by molar-refractivity contribution is 7.17. The summed E-state index contributed by atoms with van der Waals surface area (Å²) < 4.78 is 27.8. The van der Waals surface area contributed by atoms with E-state index in [1.807, 2.05) is 12.1 Å². The maximum atomic E-state index is 14.2. The second kappa shape index (κ2) is 6.86. The Hall–Kier alpha value is -2.77. The van der Waals surface area contributed by atoms with Crippen molar-refractivity contribution in [2.75, 3.05) is 0 Å². The Morgan fingerprint density at radius 1 is 1.08 bits per heavy atom. The molecule has 4 rings (SSSR count). The Morgan fingerprint density at radius 3 is 2.62 bits per heavy atom. The average Bonchev–Trinajstić information content (AvgIpc) is 3.33. The number of halogens is 2. The van der Waals surface area contributed by atoms with E-state index in [4.69, 9.17) is 0 Å².